The maximum Gasteiger partial charge on any atom is 0.341 e. The van der Waals surface area contributed by atoms with E-state index in [2.05, 4.69) is 15.6 Å². The summed E-state index contributed by atoms with van der Waals surface area (Å²) >= 11 is 2.79. The molecule has 2 aromatic heterocycles. The molecule has 0 saturated carbocycles. The second-order valence-electron chi connectivity index (χ2n) is 7.51. The summed E-state index contributed by atoms with van der Waals surface area (Å²) in [5, 5.41) is 7.46. The lowest BCUT2D eigenvalue weighted by Crippen LogP contribution is -2.15. The van der Waals surface area contributed by atoms with Gasteiger partial charge in [-0.1, -0.05) is 29.0 Å². The SMILES string of the molecule is CCOC(=O)c1c(NC(=O)c2sc(Nc3ccc(C)cc3)nc2C)sc2c1CCCC2. The minimum absolute atomic E-state index is 0.254. The van der Waals surface area contributed by atoms with E-state index in [9.17, 15) is 9.59 Å². The number of thiophene rings is 1. The van der Waals surface area contributed by atoms with E-state index in [1.54, 1.807) is 6.92 Å². The quantitative estimate of drug-likeness (QED) is 0.454. The topological polar surface area (TPSA) is 80.3 Å². The van der Waals surface area contributed by atoms with Gasteiger partial charge in [0.05, 0.1) is 17.9 Å². The van der Waals surface area contributed by atoms with Crippen molar-refractivity contribution in [2.45, 2.75) is 46.5 Å². The van der Waals surface area contributed by atoms with Crippen LogP contribution < -0.4 is 10.6 Å². The van der Waals surface area contributed by atoms with Crippen LogP contribution in [0.15, 0.2) is 24.3 Å². The number of fused-ring (bicyclic) bond motifs is 1. The first kappa shape index (κ1) is 21.5. The Morgan fingerprint density at radius 3 is 2.58 bits per heavy atom. The number of anilines is 3. The van der Waals surface area contributed by atoms with E-state index in [-0.39, 0.29) is 11.9 Å². The van der Waals surface area contributed by atoms with Crippen molar-refractivity contribution < 1.29 is 14.3 Å². The molecule has 0 unspecified atom stereocenters. The monoisotopic (exact) mass is 455 g/mol. The standard InChI is InChI=1S/C23H25N3O3S2/c1-4-29-22(28)18-16-7-5-6-8-17(16)30-21(18)26-20(27)19-14(3)24-23(31-19)25-15-11-9-13(2)10-12-15/h9-12H,4-8H2,1-3H3,(H,24,25)(H,26,27). The smallest absolute Gasteiger partial charge is 0.341 e. The zero-order valence-electron chi connectivity index (χ0n) is 17.8. The van der Waals surface area contributed by atoms with Crippen LogP contribution in [-0.4, -0.2) is 23.5 Å². The van der Waals surface area contributed by atoms with Gasteiger partial charge in [0.25, 0.3) is 5.91 Å². The molecule has 2 heterocycles. The Morgan fingerprint density at radius 2 is 1.84 bits per heavy atom. The fourth-order valence-corrected chi connectivity index (χ4v) is 5.81. The number of hydrogen-bond acceptors (Lipinski definition) is 7. The third-order valence-corrected chi connectivity index (χ3v) is 7.46. The largest absolute Gasteiger partial charge is 0.462 e. The number of aryl methyl sites for hydroxylation is 3. The molecule has 31 heavy (non-hydrogen) atoms. The molecule has 0 bridgehead atoms. The second kappa shape index (κ2) is 9.20. The van der Waals surface area contributed by atoms with Gasteiger partial charge in [0.2, 0.25) is 0 Å². The molecule has 0 aliphatic heterocycles. The molecule has 4 rings (SSSR count). The van der Waals surface area contributed by atoms with Crippen molar-refractivity contribution >= 4 is 50.4 Å². The first-order valence-electron chi connectivity index (χ1n) is 10.4. The third-order valence-electron chi connectivity index (χ3n) is 5.18. The Balaban J connectivity index is 1.57. The molecular weight excluding hydrogens is 430 g/mol. The number of hydrogen-bond donors (Lipinski definition) is 2. The summed E-state index contributed by atoms with van der Waals surface area (Å²) in [6.07, 6.45) is 3.93. The number of rotatable bonds is 6. The second-order valence-corrected chi connectivity index (χ2v) is 9.62. The molecule has 0 fully saturated rings. The van der Waals surface area contributed by atoms with Gasteiger partial charge in [-0.15, -0.1) is 11.3 Å². The van der Waals surface area contributed by atoms with Crippen LogP contribution in [0.1, 0.15) is 61.5 Å². The van der Waals surface area contributed by atoms with Gasteiger partial charge in [-0.05, 0) is 64.2 Å². The Morgan fingerprint density at radius 1 is 1.10 bits per heavy atom. The highest BCUT2D eigenvalue weighted by molar-refractivity contribution is 7.18. The van der Waals surface area contributed by atoms with E-state index in [0.29, 0.717) is 32.9 Å². The van der Waals surface area contributed by atoms with Crippen molar-refractivity contribution in [3.05, 3.63) is 56.4 Å². The number of amides is 1. The highest BCUT2D eigenvalue weighted by Gasteiger charge is 2.28. The van der Waals surface area contributed by atoms with E-state index < -0.39 is 0 Å². The van der Waals surface area contributed by atoms with Crippen molar-refractivity contribution in [1.82, 2.24) is 4.98 Å². The molecule has 0 radical (unpaired) electrons. The lowest BCUT2D eigenvalue weighted by atomic mass is 9.95. The predicted octanol–water partition coefficient (Wildman–Crippen LogP) is 5.87. The molecule has 1 aliphatic carbocycles. The van der Waals surface area contributed by atoms with Crippen LogP contribution in [0.3, 0.4) is 0 Å². The highest BCUT2D eigenvalue weighted by atomic mass is 32.1. The zero-order chi connectivity index (χ0) is 22.0. The first-order chi connectivity index (χ1) is 15.0. The molecule has 0 saturated heterocycles. The van der Waals surface area contributed by atoms with Gasteiger partial charge in [0.1, 0.15) is 9.88 Å². The van der Waals surface area contributed by atoms with Crippen molar-refractivity contribution in [1.29, 1.82) is 0 Å². The van der Waals surface area contributed by atoms with Gasteiger partial charge in [-0.25, -0.2) is 9.78 Å². The summed E-state index contributed by atoms with van der Waals surface area (Å²) < 4.78 is 5.28. The Bertz CT molecular complexity index is 1120. The van der Waals surface area contributed by atoms with Crippen LogP contribution in [-0.2, 0) is 17.6 Å². The normalized spacial score (nSPS) is 12.9. The van der Waals surface area contributed by atoms with Crippen LogP contribution in [0, 0.1) is 13.8 Å². The zero-order valence-corrected chi connectivity index (χ0v) is 19.5. The Kier molecular flexibility index (Phi) is 6.38. The van der Waals surface area contributed by atoms with E-state index >= 15 is 0 Å². The van der Waals surface area contributed by atoms with Gasteiger partial charge in [-0.3, -0.25) is 4.79 Å². The molecule has 8 heteroatoms. The summed E-state index contributed by atoms with van der Waals surface area (Å²) in [6, 6.07) is 8.00. The maximum atomic E-state index is 13.1. The van der Waals surface area contributed by atoms with Gasteiger partial charge in [-0.2, -0.15) is 0 Å². The fourth-order valence-electron chi connectivity index (χ4n) is 3.65. The van der Waals surface area contributed by atoms with E-state index in [1.165, 1.54) is 33.1 Å². The number of ether oxygens (including phenoxy) is 1. The van der Waals surface area contributed by atoms with Crippen LogP contribution in [0.5, 0.6) is 0 Å². The van der Waals surface area contributed by atoms with Crippen LogP contribution in [0.4, 0.5) is 15.8 Å². The summed E-state index contributed by atoms with van der Waals surface area (Å²) in [5.74, 6) is -0.615. The van der Waals surface area contributed by atoms with Gasteiger partial charge >= 0.3 is 5.97 Å². The van der Waals surface area contributed by atoms with E-state index in [1.807, 2.05) is 38.1 Å². The number of aromatic nitrogens is 1. The molecule has 1 aliphatic rings. The van der Waals surface area contributed by atoms with Crippen molar-refractivity contribution in [3.8, 4) is 0 Å². The predicted molar refractivity (Wildman–Crippen MR) is 126 cm³/mol. The van der Waals surface area contributed by atoms with Gasteiger partial charge in [0, 0.05) is 10.6 Å². The number of thiazole rings is 1. The number of esters is 1. The van der Waals surface area contributed by atoms with E-state index in [0.717, 1.165) is 36.9 Å². The molecule has 6 nitrogen and oxygen atoms in total. The molecule has 1 amide bonds. The Hall–Kier alpha value is -2.71. The summed E-state index contributed by atoms with van der Waals surface area (Å²) in [6.45, 7) is 5.95. The fraction of sp³-hybridized carbons (Fsp3) is 0.348. The van der Waals surface area contributed by atoms with E-state index in [4.69, 9.17) is 4.74 Å². The number of benzene rings is 1. The van der Waals surface area contributed by atoms with Gasteiger partial charge in [0.15, 0.2) is 5.13 Å². The van der Waals surface area contributed by atoms with Crippen molar-refractivity contribution in [2.75, 3.05) is 17.2 Å². The summed E-state index contributed by atoms with van der Waals surface area (Å²) in [5.41, 5.74) is 4.30. The lowest BCUT2D eigenvalue weighted by molar-refractivity contribution is 0.0526. The Labute approximate surface area is 189 Å². The number of nitrogens with zero attached hydrogens (tertiary/aromatic N) is 1. The molecule has 0 atom stereocenters. The minimum Gasteiger partial charge on any atom is -0.462 e. The third kappa shape index (κ3) is 4.65. The van der Waals surface area contributed by atoms with Crippen LogP contribution >= 0.6 is 22.7 Å². The number of nitrogens with one attached hydrogen (secondary N) is 2. The average molecular weight is 456 g/mol. The summed E-state index contributed by atoms with van der Waals surface area (Å²) in [4.78, 5) is 31.9. The maximum absolute atomic E-state index is 13.1. The number of carbonyl (C=O) groups is 2. The van der Waals surface area contributed by atoms with Crippen LogP contribution in [0.25, 0.3) is 0 Å². The number of carbonyl (C=O) groups excluding carboxylic acids is 2. The molecule has 162 valence electrons. The minimum atomic E-state index is -0.361. The molecule has 1 aromatic carbocycles. The van der Waals surface area contributed by atoms with Crippen molar-refractivity contribution in [3.63, 3.8) is 0 Å². The highest BCUT2D eigenvalue weighted by Crippen LogP contribution is 2.39. The summed E-state index contributed by atoms with van der Waals surface area (Å²) in [7, 11) is 0. The molecule has 2 N–H and O–H groups in total. The van der Waals surface area contributed by atoms with Gasteiger partial charge < -0.3 is 15.4 Å². The molecule has 0 spiro atoms. The van der Waals surface area contributed by atoms with Crippen molar-refractivity contribution in [2.24, 2.45) is 0 Å². The molecule has 3 aromatic rings. The van der Waals surface area contributed by atoms with Crippen LogP contribution in [0.2, 0.25) is 0 Å². The molecular formula is C23H25N3O3S2. The lowest BCUT2D eigenvalue weighted by Gasteiger charge is -2.12. The average Bonchev–Trinajstić information content (AvgIpc) is 3.29. The first-order valence-corrected chi connectivity index (χ1v) is 12.0.